The lowest BCUT2D eigenvalue weighted by atomic mass is 9.86. The van der Waals surface area contributed by atoms with Crippen molar-refractivity contribution in [1.82, 2.24) is 9.80 Å². The second-order valence-electron chi connectivity index (χ2n) is 8.43. The van der Waals surface area contributed by atoms with Crippen molar-refractivity contribution >= 4 is 5.91 Å². The summed E-state index contributed by atoms with van der Waals surface area (Å²) in [6.45, 7) is 3.96. The summed E-state index contributed by atoms with van der Waals surface area (Å²) in [7, 11) is 1.77. The SMILES string of the molecule is COC1CCN(C[C@@]2(O)CCCN(CCC3CCCCC3)C2=O)CC1. The first kappa shape index (κ1) is 19.1. The number of nitrogens with zero attached hydrogens (tertiary/aromatic N) is 2. The Morgan fingerprint density at radius 3 is 2.48 bits per heavy atom. The predicted molar refractivity (Wildman–Crippen MR) is 98.4 cm³/mol. The Morgan fingerprint density at radius 1 is 1.08 bits per heavy atom. The van der Waals surface area contributed by atoms with E-state index in [0.29, 0.717) is 19.1 Å². The maximum Gasteiger partial charge on any atom is 0.255 e. The van der Waals surface area contributed by atoms with Crippen molar-refractivity contribution < 1.29 is 14.6 Å². The summed E-state index contributed by atoms with van der Waals surface area (Å²) in [6, 6.07) is 0. The van der Waals surface area contributed by atoms with Gasteiger partial charge in [0.2, 0.25) is 0 Å². The summed E-state index contributed by atoms with van der Waals surface area (Å²) in [5, 5.41) is 11.1. The van der Waals surface area contributed by atoms with Crippen molar-refractivity contribution in [3.05, 3.63) is 0 Å². The zero-order valence-corrected chi connectivity index (χ0v) is 15.9. The molecule has 5 heteroatoms. The number of β-amino-alcohol motifs (C(OH)–C–C–N with tert-alkyl or cyclic N) is 1. The van der Waals surface area contributed by atoms with E-state index in [9.17, 15) is 9.90 Å². The molecule has 2 aliphatic heterocycles. The average molecular weight is 353 g/mol. The van der Waals surface area contributed by atoms with Gasteiger partial charge in [-0.05, 0) is 38.0 Å². The van der Waals surface area contributed by atoms with E-state index in [1.807, 2.05) is 4.90 Å². The van der Waals surface area contributed by atoms with Gasteiger partial charge in [0.25, 0.3) is 5.91 Å². The van der Waals surface area contributed by atoms with Crippen LogP contribution in [0.15, 0.2) is 0 Å². The second-order valence-corrected chi connectivity index (χ2v) is 8.43. The monoisotopic (exact) mass is 352 g/mol. The van der Waals surface area contributed by atoms with Crippen molar-refractivity contribution in [3.63, 3.8) is 0 Å². The molecule has 0 unspecified atom stereocenters. The molecule has 1 saturated carbocycles. The number of hydrogen-bond acceptors (Lipinski definition) is 4. The predicted octanol–water partition coefficient (Wildman–Crippen LogP) is 2.42. The number of carbonyl (C=O) groups is 1. The minimum atomic E-state index is -1.18. The molecule has 3 aliphatic rings. The fourth-order valence-electron chi connectivity index (χ4n) is 4.91. The molecule has 144 valence electrons. The van der Waals surface area contributed by atoms with Gasteiger partial charge in [-0.1, -0.05) is 32.1 Å². The van der Waals surface area contributed by atoms with Crippen LogP contribution in [0.1, 0.15) is 64.2 Å². The van der Waals surface area contributed by atoms with Gasteiger partial charge < -0.3 is 14.7 Å². The van der Waals surface area contributed by atoms with E-state index in [1.54, 1.807) is 7.11 Å². The molecular weight excluding hydrogens is 316 g/mol. The van der Waals surface area contributed by atoms with E-state index in [4.69, 9.17) is 4.74 Å². The molecule has 0 aromatic carbocycles. The van der Waals surface area contributed by atoms with Gasteiger partial charge in [0.1, 0.15) is 0 Å². The van der Waals surface area contributed by atoms with Crippen molar-refractivity contribution in [3.8, 4) is 0 Å². The number of methoxy groups -OCH3 is 1. The smallest absolute Gasteiger partial charge is 0.255 e. The number of hydrogen-bond donors (Lipinski definition) is 1. The van der Waals surface area contributed by atoms with Crippen LogP contribution in [-0.2, 0) is 9.53 Å². The third-order valence-corrected chi connectivity index (χ3v) is 6.59. The number of piperidine rings is 2. The summed E-state index contributed by atoms with van der Waals surface area (Å²) in [4.78, 5) is 17.1. The molecule has 3 fully saturated rings. The molecule has 3 rings (SSSR count). The van der Waals surface area contributed by atoms with Crippen LogP contribution in [-0.4, -0.2) is 72.4 Å². The van der Waals surface area contributed by atoms with Crippen LogP contribution < -0.4 is 0 Å². The lowest BCUT2D eigenvalue weighted by Gasteiger charge is -2.42. The van der Waals surface area contributed by atoms with E-state index >= 15 is 0 Å². The molecule has 5 nitrogen and oxygen atoms in total. The Kier molecular flexibility index (Phi) is 6.75. The van der Waals surface area contributed by atoms with Crippen LogP contribution in [0.4, 0.5) is 0 Å². The largest absolute Gasteiger partial charge is 0.381 e. The number of amides is 1. The molecule has 1 N–H and O–H groups in total. The molecule has 1 aliphatic carbocycles. The highest BCUT2D eigenvalue weighted by Crippen LogP contribution is 2.29. The van der Waals surface area contributed by atoms with Gasteiger partial charge in [-0.3, -0.25) is 9.69 Å². The van der Waals surface area contributed by atoms with Crippen LogP contribution in [0.5, 0.6) is 0 Å². The summed E-state index contributed by atoms with van der Waals surface area (Å²) in [5.41, 5.74) is -1.18. The van der Waals surface area contributed by atoms with E-state index in [2.05, 4.69) is 4.90 Å². The summed E-state index contributed by atoms with van der Waals surface area (Å²) >= 11 is 0. The molecule has 1 amide bonds. The van der Waals surface area contributed by atoms with Crippen molar-refractivity contribution in [2.75, 3.05) is 39.8 Å². The minimum absolute atomic E-state index is 0.0246. The van der Waals surface area contributed by atoms with Gasteiger partial charge in [-0.2, -0.15) is 0 Å². The standard InChI is InChI=1S/C20H36N2O3/c1-25-18-9-13-21(14-10-18)16-20(24)11-5-12-22(19(20)23)15-8-17-6-3-2-4-7-17/h17-18,24H,2-16H2,1H3/t20-/m0/s1. The molecule has 0 aromatic heterocycles. The van der Waals surface area contributed by atoms with Gasteiger partial charge in [0.15, 0.2) is 5.60 Å². The first-order chi connectivity index (χ1) is 12.1. The lowest BCUT2D eigenvalue weighted by molar-refractivity contribution is -0.160. The third-order valence-electron chi connectivity index (χ3n) is 6.59. The first-order valence-corrected chi connectivity index (χ1v) is 10.4. The zero-order valence-electron chi connectivity index (χ0n) is 15.9. The molecule has 0 radical (unpaired) electrons. The number of rotatable bonds is 6. The van der Waals surface area contributed by atoms with Crippen LogP contribution in [0, 0.1) is 5.92 Å². The molecule has 0 aromatic rings. The van der Waals surface area contributed by atoms with E-state index < -0.39 is 5.60 Å². The topological polar surface area (TPSA) is 53.0 Å². The minimum Gasteiger partial charge on any atom is -0.381 e. The van der Waals surface area contributed by atoms with Gasteiger partial charge >= 0.3 is 0 Å². The van der Waals surface area contributed by atoms with E-state index in [0.717, 1.165) is 57.8 Å². The molecule has 1 atom stereocenters. The summed E-state index contributed by atoms with van der Waals surface area (Å²) in [5.74, 6) is 0.757. The number of ether oxygens (including phenoxy) is 1. The summed E-state index contributed by atoms with van der Waals surface area (Å²) < 4.78 is 5.42. The van der Waals surface area contributed by atoms with Crippen LogP contribution in [0.25, 0.3) is 0 Å². The highest BCUT2D eigenvalue weighted by molar-refractivity contribution is 5.86. The highest BCUT2D eigenvalue weighted by atomic mass is 16.5. The summed E-state index contributed by atoms with van der Waals surface area (Å²) in [6.07, 6.45) is 11.7. The van der Waals surface area contributed by atoms with Crippen LogP contribution >= 0.6 is 0 Å². The Morgan fingerprint density at radius 2 is 1.80 bits per heavy atom. The zero-order chi connectivity index (χ0) is 17.7. The van der Waals surface area contributed by atoms with Gasteiger partial charge in [-0.25, -0.2) is 0 Å². The molecule has 25 heavy (non-hydrogen) atoms. The normalized spacial score (nSPS) is 30.8. The molecular formula is C20H36N2O3. The first-order valence-electron chi connectivity index (χ1n) is 10.4. The van der Waals surface area contributed by atoms with Gasteiger partial charge in [-0.15, -0.1) is 0 Å². The van der Waals surface area contributed by atoms with Crippen LogP contribution in [0.3, 0.4) is 0 Å². The van der Waals surface area contributed by atoms with Crippen molar-refractivity contribution in [1.29, 1.82) is 0 Å². The fourth-order valence-corrected chi connectivity index (χ4v) is 4.91. The number of likely N-dealkylation sites (tertiary alicyclic amines) is 2. The quantitative estimate of drug-likeness (QED) is 0.798. The molecule has 2 heterocycles. The Bertz CT molecular complexity index is 431. The fraction of sp³-hybridized carbons (Fsp3) is 0.950. The average Bonchev–Trinajstić information content (AvgIpc) is 2.64. The third kappa shape index (κ3) is 4.95. The number of aliphatic hydroxyl groups is 1. The van der Waals surface area contributed by atoms with Crippen LogP contribution in [0.2, 0.25) is 0 Å². The van der Waals surface area contributed by atoms with E-state index in [1.165, 1.54) is 32.1 Å². The molecule has 0 spiro atoms. The van der Waals surface area contributed by atoms with Gasteiger partial charge in [0.05, 0.1) is 6.10 Å². The second kappa shape index (κ2) is 8.83. The Labute approximate surface area is 152 Å². The van der Waals surface area contributed by atoms with E-state index in [-0.39, 0.29) is 5.91 Å². The van der Waals surface area contributed by atoms with Gasteiger partial charge in [0, 0.05) is 39.8 Å². The van der Waals surface area contributed by atoms with Crippen molar-refractivity contribution in [2.45, 2.75) is 75.9 Å². The lowest BCUT2D eigenvalue weighted by Crippen LogP contribution is -2.59. The van der Waals surface area contributed by atoms with Crippen molar-refractivity contribution in [2.24, 2.45) is 5.92 Å². The maximum atomic E-state index is 12.9. The Hall–Kier alpha value is -0.650. The number of carbonyl (C=O) groups excluding carboxylic acids is 1. The molecule has 0 bridgehead atoms. The molecule has 2 saturated heterocycles. The maximum absolute atomic E-state index is 12.9. The highest BCUT2D eigenvalue weighted by Gasteiger charge is 2.43. The Balaban J connectivity index is 1.49.